The third-order valence-electron chi connectivity index (χ3n) is 2.08. The molecular weight excluding hydrogens is 224 g/mol. The molecule has 1 heterocycles. The number of rotatable bonds is 6. The number of aryl methyl sites for hydroxylation is 1. The first-order valence-corrected chi connectivity index (χ1v) is 5.98. The summed E-state index contributed by atoms with van der Waals surface area (Å²) in [6, 6.07) is -0.473. The van der Waals surface area contributed by atoms with Crippen molar-refractivity contribution in [2.45, 2.75) is 13.0 Å². The van der Waals surface area contributed by atoms with Gasteiger partial charge in [-0.1, -0.05) is 0 Å². The van der Waals surface area contributed by atoms with Gasteiger partial charge in [0.25, 0.3) is 0 Å². The van der Waals surface area contributed by atoms with Crippen LogP contribution >= 0.6 is 11.3 Å². The number of nitrogens with two attached hydrogens (primary N) is 1. The van der Waals surface area contributed by atoms with Crippen LogP contribution in [0.2, 0.25) is 0 Å². The van der Waals surface area contributed by atoms with Gasteiger partial charge in [0, 0.05) is 24.2 Å². The van der Waals surface area contributed by atoms with Crippen LogP contribution in [0, 0.1) is 6.92 Å². The van der Waals surface area contributed by atoms with E-state index in [0.717, 1.165) is 17.2 Å². The number of carbonyl (C=O) groups is 1. The third-order valence-corrected chi connectivity index (χ3v) is 3.10. The fourth-order valence-electron chi connectivity index (χ4n) is 1.25. The Labute approximate surface area is 99.7 Å². The molecule has 1 aromatic heterocycles. The van der Waals surface area contributed by atoms with Gasteiger partial charge >= 0.3 is 0 Å². The van der Waals surface area contributed by atoms with Crippen molar-refractivity contribution in [3.63, 3.8) is 0 Å². The number of nitrogens with zero attached hydrogens (tertiary/aromatic N) is 2. The molecule has 0 saturated heterocycles. The molecular formula is C10H18N4OS. The first kappa shape index (κ1) is 13.1. The van der Waals surface area contributed by atoms with Crippen LogP contribution in [0.4, 0.5) is 0 Å². The highest BCUT2D eigenvalue weighted by molar-refractivity contribution is 7.09. The summed E-state index contributed by atoms with van der Waals surface area (Å²) in [5.41, 5.74) is 6.26. The van der Waals surface area contributed by atoms with Gasteiger partial charge in [-0.25, -0.2) is 4.98 Å². The van der Waals surface area contributed by atoms with Crippen molar-refractivity contribution in [2.24, 2.45) is 5.73 Å². The molecule has 0 bridgehead atoms. The highest BCUT2D eigenvalue weighted by Gasteiger charge is 2.19. The zero-order valence-electron chi connectivity index (χ0n) is 9.86. The summed E-state index contributed by atoms with van der Waals surface area (Å²) >= 11 is 1.46. The lowest BCUT2D eigenvalue weighted by Crippen LogP contribution is -2.37. The standard InChI is InChI=1S/C10H18N4OS/c1-7-6-16-10(13-7)8(9(11)15)12-4-5-14(2)3/h6,8,12H,4-5H2,1-3H3,(H2,11,15). The van der Waals surface area contributed by atoms with Crippen molar-refractivity contribution in [3.05, 3.63) is 16.1 Å². The predicted molar refractivity (Wildman–Crippen MR) is 65.3 cm³/mol. The molecule has 0 saturated carbocycles. The molecule has 0 aliphatic carbocycles. The number of thiazole rings is 1. The summed E-state index contributed by atoms with van der Waals surface area (Å²) in [6.45, 7) is 3.46. The quantitative estimate of drug-likeness (QED) is 0.744. The minimum atomic E-state index is -0.473. The second-order valence-electron chi connectivity index (χ2n) is 3.92. The highest BCUT2D eigenvalue weighted by atomic mass is 32.1. The van der Waals surface area contributed by atoms with E-state index in [-0.39, 0.29) is 5.91 Å². The number of hydrogen-bond acceptors (Lipinski definition) is 5. The molecule has 90 valence electrons. The van der Waals surface area contributed by atoms with Crippen LogP contribution < -0.4 is 11.1 Å². The Morgan fingerprint density at radius 1 is 1.69 bits per heavy atom. The van der Waals surface area contributed by atoms with E-state index in [1.807, 2.05) is 31.3 Å². The van der Waals surface area contributed by atoms with E-state index in [9.17, 15) is 4.79 Å². The lowest BCUT2D eigenvalue weighted by atomic mass is 10.3. The van der Waals surface area contributed by atoms with Gasteiger partial charge in [0.15, 0.2) is 0 Å². The second-order valence-corrected chi connectivity index (χ2v) is 4.81. The lowest BCUT2D eigenvalue weighted by molar-refractivity contribution is -0.120. The van der Waals surface area contributed by atoms with Gasteiger partial charge in [-0.2, -0.15) is 0 Å². The average Bonchev–Trinajstić information content (AvgIpc) is 2.58. The van der Waals surface area contributed by atoms with Gasteiger partial charge in [-0.3, -0.25) is 10.1 Å². The van der Waals surface area contributed by atoms with Crippen LogP contribution in [0.3, 0.4) is 0 Å². The molecule has 6 heteroatoms. The number of primary amides is 1. The summed E-state index contributed by atoms with van der Waals surface area (Å²) < 4.78 is 0. The van der Waals surface area contributed by atoms with Crippen LogP contribution in [0.1, 0.15) is 16.7 Å². The third kappa shape index (κ3) is 3.88. The van der Waals surface area contributed by atoms with E-state index in [1.54, 1.807) is 0 Å². The summed E-state index contributed by atoms with van der Waals surface area (Å²) in [5.74, 6) is -0.381. The summed E-state index contributed by atoms with van der Waals surface area (Å²) in [4.78, 5) is 17.6. The molecule has 0 aromatic carbocycles. The van der Waals surface area contributed by atoms with Crippen molar-refractivity contribution in [1.82, 2.24) is 15.2 Å². The van der Waals surface area contributed by atoms with Crippen molar-refractivity contribution < 1.29 is 4.79 Å². The number of carbonyl (C=O) groups excluding carboxylic acids is 1. The van der Waals surface area contributed by atoms with Crippen LogP contribution in [-0.4, -0.2) is 43.0 Å². The second kappa shape index (κ2) is 5.93. The maximum Gasteiger partial charge on any atom is 0.241 e. The molecule has 5 nitrogen and oxygen atoms in total. The SMILES string of the molecule is Cc1csc(C(NCCN(C)C)C(N)=O)n1. The largest absolute Gasteiger partial charge is 0.368 e. The Kier molecular flexibility index (Phi) is 4.85. The van der Waals surface area contributed by atoms with Crippen LogP contribution in [0.15, 0.2) is 5.38 Å². The average molecular weight is 242 g/mol. The smallest absolute Gasteiger partial charge is 0.241 e. The van der Waals surface area contributed by atoms with Crippen LogP contribution in [0.5, 0.6) is 0 Å². The Morgan fingerprint density at radius 3 is 2.81 bits per heavy atom. The summed E-state index contributed by atoms with van der Waals surface area (Å²) in [7, 11) is 3.96. The van der Waals surface area contributed by atoms with Crippen molar-refractivity contribution >= 4 is 17.2 Å². The van der Waals surface area contributed by atoms with Gasteiger partial charge in [0.1, 0.15) is 11.0 Å². The van der Waals surface area contributed by atoms with Crippen molar-refractivity contribution in [3.8, 4) is 0 Å². The van der Waals surface area contributed by atoms with Gasteiger partial charge in [-0.15, -0.1) is 11.3 Å². The molecule has 0 radical (unpaired) electrons. The number of nitrogens with one attached hydrogen (secondary N) is 1. The summed E-state index contributed by atoms with van der Waals surface area (Å²) in [6.07, 6.45) is 0. The van der Waals surface area contributed by atoms with Gasteiger partial charge in [-0.05, 0) is 21.0 Å². The molecule has 1 atom stereocenters. The van der Waals surface area contributed by atoms with E-state index < -0.39 is 6.04 Å². The van der Waals surface area contributed by atoms with Gasteiger partial charge in [0.05, 0.1) is 0 Å². The summed E-state index contributed by atoms with van der Waals surface area (Å²) in [5, 5.41) is 5.77. The van der Waals surface area contributed by atoms with Crippen LogP contribution in [0.25, 0.3) is 0 Å². The van der Waals surface area contributed by atoms with E-state index >= 15 is 0 Å². The predicted octanol–water partition coefficient (Wildman–Crippen LogP) is 0.129. The number of amides is 1. The fraction of sp³-hybridized carbons (Fsp3) is 0.600. The molecule has 0 aliphatic heterocycles. The lowest BCUT2D eigenvalue weighted by Gasteiger charge is -2.15. The van der Waals surface area contributed by atoms with Gasteiger partial charge in [0.2, 0.25) is 5.91 Å². The fourth-order valence-corrected chi connectivity index (χ4v) is 2.12. The Balaban J connectivity index is 2.58. The Morgan fingerprint density at radius 2 is 2.38 bits per heavy atom. The minimum absolute atomic E-state index is 0.381. The molecule has 0 aliphatic rings. The molecule has 3 N–H and O–H groups in total. The number of aromatic nitrogens is 1. The Bertz CT molecular complexity index is 350. The molecule has 16 heavy (non-hydrogen) atoms. The van der Waals surface area contributed by atoms with E-state index in [2.05, 4.69) is 10.3 Å². The van der Waals surface area contributed by atoms with Crippen LogP contribution in [-0.2, 0) is 4.79 Å². The van der Waals surface area contributed by atoms with E-state index in [1.165, 1.54) is 11.3 Å². The molecule has 0 fully saturated rings. The maximum absolute atomic E-state index is 11.3. The van der Waals surface area contributed by atoms with E-state index in [4.69, 9.17) is 5.73 Å². The Hall–Kier alpha value is -0.980. The van der Waals surface area contributed by atoms with Gasteiger partial charge < -0.3 is 10.6 Å². The highest BCUT2D eigenvalue weighted by Crippen LogP contribution is 2.17. The topological polar surface area (TPSA) is 71.2 Å². The minimum Gasteiger partial charge on any atom is -0.368 e. The zero-order chi connectivity index (χ0) is 12.1. The van der Waals surface area contributed by atoms with Crippen molar-refractivity contribution in [1.29, 1.82) is 0 Å². The monoisotopic (exact) mass is 242 g/mol. The normalized spacial score (nSPS) is 13.0. The first-order valence-electron chi connectivity index (χ1n) is 5.10. The zero-order valence-corrected chi connectivity index (χ0v) is 10.7. The molecule has 1 aromatic rings. The van der Waals surface area contributed by atoms with Crippen molar-refractivity contribution in [2.75, 3.05) is 27.2 Å². The molecule has 0 spiro atoms. The maximum atomic E-state index is 11.3. The number of hydrogen-bond donors (Lipinski definition) is 2. The van der Waals surface area contributed by atoms with E-state index in [0.29, 0.717) is 6.54 Å². The number of likely N-dealkylation sites (N-methyl/N-ethyl adjacent to an activating group) is 1. The first-order chi connectivity index (χ1) is 7.50. The molecule has 1 rings (SSSR count). The molecule has 1 amide bonds. The molecule has 1 unspecified atom stereocenters.